The Kier molecular flexibility index (Phi) is 4.01. The maximum atomic E-state index is 10.9. The Labute approximate surface area is 107 Å². The molecule has 0 saturated heterocycles. The Morgan fingerprint density at radius 2 is 2.28 bits per heavy atom. The summed E-state index contributed by atoms with van der Waals surface area (Å²) in [6.45, 7) is 2.27. The third kappa shape index (κ3) is 2.90. The van der Waals surface area contributed by atoms with Gasteiger partial charge in [-0.1, -0.05) is 12.8 Å². The molecule has 5 heteroatoms. The van der Waals surface area contributed by atoms with Crippen LogP contribution < -0.4 is 0 Å². The van der Waals surface area contributed by atoms with Crippen molar-refractivity contribution in [1.29, 1.82) is 0 Å². The highest BCUT2D eigenvalue weighted by Gasteiger charge is 2.20. The first kappa shape index (κ1) is 13.1. The summed E-state index contributed by atoms with van der Waals surface area (Å²) >= 11 is 0. The Hall–Kier alpha value is -1.36. The predicted molar refractivity (Wildman–Crippen MR) is 68.3 cm³/mol. The zero-order valence-electron chi connectivity index (χ0n) is 11.0. The van der Waals surface area contributed by atoms with Crippen LogP contribution >= 0.6 is 0 Å². The molecule has 1 N–H and O–H groups in total. The van der Waals surface area contributed by atoms with E-state index in [1.54, 1.807) is 11.8 Å². The van der Waals surface area contributed by atoms with Gasteiger partial charge < -0.3 is 5.11 Å². The molecule has 1 fully saturated rings. The molecule has 1 aromatic heterocycles. The normalized spacial score (nSPS) is 18.4. The second-order valence-corrected chi connectivity index (χ2v) is 5.15. The standard InChI is InChI=1S/C13H21N3O2/c1-10(13(17)18)15(2)9-11-7-8-16(14-11)12-5-3-4-6-12/h7-8,10,12H,3-6,9H2,1-2H3,(H,17,18). The fraction of sp³-hybridized carbons (Fsp3) is 0.692. The van der Waals surface area contributed by atoms with Crippen molar-refractivity contribution in [2.75, 3.05) is 7.05 Å². The zero-order valence-corrected chi connectivity index (χ0v) is 11.0. The molecular weight excluding hydrogens is 230 g/mol. The van der Waals surface area contributed by atoms with Crippen LogP contribution in [0.2, 0.25) is 0 Å². The van der Waals surface area contributed by atoms with Gasteiger partial charge in [-0.3, -0.25) is 14.4 Å². The number of rotatable bonds is 5. The first-order valence-electron chi connectivity index (χ1n) is 6.55. The molecule has 2 rings (SSSR count). The lowest BCUT2D eigenvalue weighted by Crippen LogP contribution is -2.35. The third-order valence-electron chi connectivity index (χ3n) is 3.79. The van der Waals surface area contributed by atoms with E-state index in [0.29, 0.717) is 12.6 Å². The number of nitrogens with zero attached hydrogens (tertiary/aromatic N) is 3. The van der Waals surface area contributed by atoms with Gasteiger partial charge in [-0.15, -0.1) is 0 Å². The van der Waals surface area contributed by atoms with Crippen LogP contribution in [0.3, 0.4) is 0 Å². The molecule has 100 valence electrons. The number of carboxylic acids is 1. The van der Waals surface area contributed by atoms with E-state index >= 15 is 0 Å². The predicted octanol–water partition coefficient (Wildman–Crippen LogP) is 1.90. The van der Waals surface area contributed by atoms with Gasteiger partial charge in [0.1, 0.15) is 6.04 Å². The van der Waals surface area contributed by atoms with Gasteiger partial charge in [0.2, 0.25) is 0 Å². The van der Waals surface area contributed by atoms with Gasteiger partial charge >= 0.3 is 5.97 Å². The van der Waals surface area contributed by atoms with E-state index in [0.717, 1.165) is 5.69 Å². The summed E-state index contributed by atoms with van der Waals surface area (Å²) in [5.74, 6) is -0.798. The van der Waals surface area contributed by atoms with E-state index in [2.05, 4.69) is 5.10 Å². The maximum absolute atomic E-state index is 10.9. The van der Waals surface area contributed by atoms with Crippen molar-refractivity contribution >= 4 is 5.97 Å². The van der Waals surface area contributed by atoms with E-state index in [9.17, 15) is 4.79 Å². The smallest absolute Gasteiger partial charge is 0.320 e. The highest BCUT2D eigenvalue weighted by molar-refractivity contribution is 5.72. The number of hydrogen-bond acceptors (Lipinski definition) is 3. The molecule has 18 heavy (non-hydrogen) atoms. The average Bonchev–Trinajstić information content (AvgIpc) is 2.96. The van der Waals surface area contributed by atoms with E-state index in [-0.39, 0.29) is 0 Å². The van der Waals surface area contributed by atoms with Gasteiger partial charge in [-0.05, 0) is 32.9 Å². The summed E-state index contributed by atoms with van der Waals surface area (Å²) in [6.07, 6.45) is 7.02. The average molecular weight is 251 g/mol. The maximum Gasteiger partial charge on any atom is 0.320 e. The molecule has 0 bridgehead atoms. The van der Waals surface area contributed by atoms with Gasteiger partial charge in [0.05, 0.1) is 11.7 Å². The van der Waals surface area contributed by atoms with Gasteiger partial charge in [0.25, 0.3) is 0 Å². The zero-order chi connectivity index (χ0) is 13.1. The van der Waals surface area contributed by atoms with Crippen LogP contribution in [0.25, 0.3) is 0 Å². The van der Waals surface area contributed by atoms with Gasteiger partial charge in [0, 0.05) is 12.7 Å². The Morgan fingerprint density at radius 1 is 1.61 bits per heavy atom. The first-order chi connectivity index (χ1) is 8.58. The summed E-state index contributed by atoms with van der Waals surface area (Å²) < 4.78 is 2.04. The van der Waals surface area contributed by atoms with Crippen molar-refractivity contribution in [2.45, 2.75) is 51.2 Å². The van der Waals surface area contributed by atoms with Crippen molar-refractivity contribution in [3.05, 3.63) is 18.0 Å². The summed E-state index contributed by atoms with van der Waals surface area (Å²) in [6, 6.07) is 2.05. The van der Waals surface area contributed by atoms with Crippen LogP contribution in [-0.2, 0) is 11.3 Å². The molecule has 1 heterocycles. The molecule has 1 atom stereocenters. The molecular formula is C13H21N3O2. The molecule has 1 aliphatic carbocycles. The van der Waals surface area contributed by atoms with Crippen LogP contribution in [-0.4, -0.2) is 38.8 Å². The lowest BCUT2D eigenvalue weighted by atomic mass is 10.3. The molecule has 0 aliphatic heterocycles. The van der Waals surface area contributed by atoms with Crippen LogP contribution in [0.5, 0.6) is 0 Å². The van der Waals surface area contributed by atoms with Crippen LogP contribution in [0.4, 0.5) is 0 Å². The molecule has 5 nitrogen and oxygen atoms in total. The van der Waals surface area contributed by atoms with Crippen molar-refractivity contribution in [1.82, 2.24) is 14.7 Å². The Morgan fingerprint density at radius 3 is 2.89 bits per heavy atom. The molecule has 0 spiro atoms. The number of carbonyl (C=O) groups is 1. The quantitative estimate of drug-likeness (QED) is 0.868. The van der Waals surface area contributed by atoms with Gasteiger partial charge in [-0.2, -0.15) is 5.10 Å². The monoisotopic (exact) mass is 251 g/mol. The molecule has 0 aromatic carbocycles. The topological polar surface area (TPSA) is 58.4 Å². The van der Waals surface area contributed by atoms with Crippen LogP contribution in [0.1, 0.15) is 44.3 Å². The Bertz CT molecular complexity index is 410. The molecule has 1 aromatic rings. The highest BCUT2D eigenvalue weighted by atomic mass is 16.4. The number of carboxylic acid groups (broad SMARTS) is 1. The molecule has 0 radical (unpaired) electrons. The van der Waals surface area contributed by atoms with E-state index in [1.165, 1.54) is 25.7 Å². The summed E-state index contributed by atoms with van der Waals surface area (Å²) in [4.78, 5) is 12.7. The first-order valence-corrected chi connectivity index (χ1v) is 6.55. The van der Waals surface area contributed by atoms with E-state index in [1.807, 2.05) is 24.0 Å². The second kappa shape index (κ2) is 5.52. The third-order valence-corrected chi connectivity index (χ3v) is 3.79. The number of aliphatic carboxylic acids is 1. The van der Waals surface area contributed by atoms with E-state index in [4.69, 9.17) is 5.11 Å². The molecule has 1 saturated carbocycles. The van der Waals surface area contributed by atoms with Crippen molar-refractivity contribution in [2.24, 2.45) is 0 Å². The van der Waals surface area contributed by atoms with Crippen LogP contribution in [0.15, 0.2) is 12.3 Å². The molecule has 1 aliphatic rings. The van der Waals surface area contributed by atoms with Crippen molar-refractivity contribution in [3.8, 4) is 0 Å². The highest BCUT2D eigenvalue weighted by Crippen LogP contribution is 2.28. The lowest BCUT2D eigenvalue weighted by molar-refractivity contribution is -0.142. The molecule has 1 unspecified atom stereocenters. The number of likely N-dealkylation sites (N-methyl/N-ethyl adjacent to an activating group) is 1. The fourth-order valence-corrected chi connectivity index (χ4v) is 2.41. The summed E-state index contributed by atoms with van der Waals surface area (Å²) in [7, 11) is 1.81. The fourth-order valence-electron chi connectivity index (χ4n) is 2.41. The SMILES string of the molecule is CC(C(=O)O)N(C)Cc1ccn(C2CCCC2)n1. The largest absolute Gasteiger partial charge is 0.480 e. The second-order valence-electron chi connectivity index (χ2n) is 5.15. The minimum absolute atomic E-state index is 0.485. The van der Waals surface area contributed by atoms with Crippen molar-refractivity contribution < 1.29 is 9.90 Å². The molecule has 0 amide bonds. The lowest BCUT2D eigenvalue weighted by Gasteiger charge is -2.19. The van der Waals surface area contributed by atoms with Crippen molar-refractivity contribution in [3.63, 3.8) is 0 Å². The number of aromatic nitrogens is 2. The van der Waals surface area contributed by atoms with Crippen LogP contribution in [0, 0.1) is 0 Å². The van der Waals surface area contributed by atoms with Gasteiger partial charge in [0.15, 0.2) is 0 Å². The number of hydrogen-bond donors (Lipinski definition) is 1. The van der Waals surface area contributed by atoms with Gasteiger partial charge in [-0.25, -0.2) is 0 Å². The Balaban J connectivity index is 1.95. The minimum atomic E-state index is -0.798. The van der Waals surface area contributed by atoms with E-state index < -0.39 is 12.0 Å². The minimum Gasteiger partial charge on any atom is -0.480 e. The summed E-state index contributed by atoms with van der Waals surface area (Å²) in [5.41, 5.74) is 0.942. The summed E-state index contributed by atoms with van der Waals surface area (Å²) in [5, 5.41) is 13.5.